The molecule has 1 aliphatic carbocycles. The quantitative estimate of drug-likeness (QED) is 0.816. The number of rotatable bonds is 4. The summed E-state index contributed by atoms with van der Waals surface area (Å²) in [5.74, 6) is 0. The van der Waals surface area contributed by atoms with Crippen LogP contribution in [0.5, 0.6) is 0 Å². The van der Waals surface area contributed by atoms with Crippen LogP contribution >= 0.6 is 0 Å². The van der Waals surface area contributed by atoms with E-state index in [1.165, 1.54) is 47.2 Å². The standard InChI is InChI=1S/C19H23N/c1-3-6-16-7-4-5-8-18(16)20-19-12-11-15-10-9-14(2)13-17(15)19/h4-5,7-10,13,19-20H,3,6,11-12H2,1-2H3. The Morgan fingerprint density at radius 3 is 2.85 bits per heavy atom. The second kappa shape index (κ2) is 5.70. The van der Waals surface area contributed by atoms with E-state index in [1.54, 1.807) is 0 Å². The second-order valence-electron chi connectivity index (χ2n) is 5.85. The summed E-state index contributed by atoms with van der Waals surface area (Å²) < 4.78 is 0. The van der Waals surface area contributed by atoms with Crippen molar-refractivity contribution in [1.82, 2.24) is 0 Å². The third-order valence-corrected chi connectivity index (χ3v) is 4.25. The number of benzene rings is 2. The van der Waals surface area contributed by atoms with Gasteiger partial charge in [0, 0.05) is 5.69 Å². The van der Waals surface area contributed by atoms with Gasteiger partial charge in [-0.05, 0) is 48.9 Å². The minimum Gasteiger partial charge on any atom is -0.378 e. The number of anilines is 1. The molecule has 1 unspecified atom stereocenters. The number of para-hydroxylation sites is 1. The molecule has 1 nitrogen and oxygen atoms in total. The minimum absolute atomic E-state index is 0.475. The van der Waals surface area contributed by atoms with Crippen molar-refractivity contribution in [2.75, 3.05) is 5.32 Å². The Hall–Kier alpha value is -1.76. The molecule has 0 spiro atoms. The van der Waals surface area contributed by atoms with Crippen molar-refractivity contribution in [3.05, 3.63) is 64.7 Å². The number of fused-ring (bicyclic) bond motifs is 1. The maximum Gasteiger partial charge on any atom is 0.0519 e. The van der Waals surface area contributed by atoms with Gasteiger partial charge in [-0.3, -0.25) is 0 Å². The lowest BCUT2D eigenvalue weighted by molar-refractivity contribution is 0.758. The highest BCUT2D eigenvalue weighted by atomic mass is 14.9. The van der Waals surface area contributed by atoms with Crippen molar-refractivity contribution in [2.45, 2.75) is 45.6 Å². The van der Waals surface area contributed by atoms with Gasteiger partial charge in [-0.15, -0.1) is 0 Å². The van der Waals surface area contributed by atoms with Crippen LogP contribution in [0.25, 0.3) is 0 Å². The van der Waals surface area contributed by atoms with Gasteiger partial charge in [0.2, 0.25) is 0 Å². The first-order valence-corrected chi connectivity index (χ1v) is 7.72. The zero-order valence-electron chi connectivity index (χ0n) is 12.4. The molecule has 0 fully saturated rings. The Labute approximate surface area is 122 Å². The van der Waals surface area contributed by atoms with E-state index in [0.717, 1.165) is 6.42 Å². The summed E-state index contributed by atoms with van der Waals surface area (Å²) in [6.07, 6.45) is 4.75. The number of hydrogen-bond donors (Lipinski definition) is 1. The van der Waals surface area contributed by atoms with Crippen molar-refractivity contribution in [3.8, 4) is 0 Å². The summed E-state index contributed by atoms with van der Waals surface area (Å²) in [5.41, 5.74) is 7.13. The molecular weight excluding hydrogens is 242 g/mol. The van der Waals surface area contributed by atoms with E-state index in [-0.39, 0.29) is 0 Å². The summed E-state index contributed by atoms with van der Waals surface area (Å²) in [7, 11) is 0. The first-order chi connectivity index (χ1) is 9.78. The molecule has 2 aromatic carbocycles. The molecule has 104 valence electrons. The molecule has 0 saturated heterocycles. The van der Waals surface area contributed by atoms with Crippen LogP contribution in [-0.2, 0) is 12.8 Å². The monoisotopic (exact) mass is 265 g/mol. The van der Waals surface area contributed by atoms with Gasteiger partial charge in [-0.25, -0.2) is 0 Å². The van der Waals surface area contributed by atoms with Gasteiger partial charge in [0.05, 0.1) is 6.04 Å². The zero-order valence-corrected chi connectivity index (χ0v) is 12.4. The highest BCUT2D eigenvalue weighted by molar-refractivity contribution is 5.54. The summed E-state index contributed by atoms with van der Waals surface area (Å²) >= 11 is 0. The summed E-state index contributed by atoms with van der Waals surface area (Å²) in [6, 6.07) is 16.1. The first-order valence-electron chi connectivity index (χ1n) is 7.72. The van der Waals surface area contributed by atoms with E-state index in [0.29, 0.717) is 6.04 Å². The van der Waals surface area contributed by atoms with Gasteiger partial charge >= 0.3 is 0 Å². The lowest BCUT2D eigenvalue weighted by Gasteiger charge is -2.18. The molecule has 1 heteroatoms. The van der Waals surface area contributed by atoms with Crippen molar-refractivity contribution < 1.29 is 0 Å². The zero-order chi connectivity index (χ0) is 13.9. The van der Waals surface area contributed by atoms with Crippen molar-refractivity contribution in [2.24, 2.45) is 0 Å². The normalized spacial score (nSPS) is 17.0. The number of aryl methyl sites for hydroxylation is 3. The van der Waals surface area contributed by atoms with Crippen LogP contribution in [0.15, 0.2) is 42.5 Å². The summed E-state index contributed by atoms with van der Waals surface area (Å²) in [5, 5.41) is 3.78. The topological polar surface area (TPSA) is 12.0 Å². The van der Waals surface area contributed by atoms with E-state index >= 15 is 0 Å². The molecule has 3 rings (SSSR count). The highest BCUT2D eigenvalue weighted by Gasteiger charge is 2.22. The fourth-order valence-corrected chi connectivity index (χ4v) is 3.21. The summed E-state index contributed by atoms with van der Waals surface area (Å²) in [4.78, 5) is 0. The predicted octanol–water partition coefficient (Wildman–Crippen LogP) is 5.05. The first kappa shape index (κ1) is 13.2. The van der Waals surface area contributed by atoms with Crippen molar-refractivity contribution in [3.63, 3.8) is 0 Å². The Kier molecular flexibility index (Phi) is 3.77. The molecule has 0 aliphatic heterocycles. The fourth-order valence-electron chi connectivity index (χ4n) is 3.21. The fraction of sp³-hybridized carbons (Fsp3) is 0.368. The highest BCUT2D eigenvalue weighted by Crippen LogP contribution is 2.35. The smallest absolute Gasteiger partial charge is 0.0519 e. The average molecular weight is 265 g/mol. The van der Waals surface area contributed by atoms with E-state index in [1.807, 2.05) is 0 Å². The molecular formula is C19H23N. The Bertz CT molecular complexity index is 600. The van der Waals surface area contributed by atoms with Crippen LogP contribution in [0, 0.1) is 6.92 Å². The molecule has 1 aliphatic rings. The SMILES string of the molecule is CCCc1ccccc1NC1CCc2ccc(C)cc21. The van der Waals surface area contributed by atoms with Crippen LogP contribution in [0.2, 0.25) is 0 Å². The van der Waals surface area contributed by atoms with Gasteiger partial charge in [-0.2, -0.15) is 0 Å². The van der Waals surface area contributed by atoms with Crippen molar-refractivity contribution in [1.29, 1.82) is 0 Å². The predicted molar refractivity (Wildman–Crippen MR) is 86.3 cm³/mol. The van der Waals surface area contributed by atoms with Gasteiger partial charge in [0.1, 0.15) is 0 Å². The van der Waals surface area contributed by atoms with Gasteiger partial charge in [0.25, 0.3) is 0 Å². The van der Waals surface area contributed by atoms with Gasteiger partial charge in [-0.1, -0.05) is 55.3 Å². The van der Waals surface area contributed by atoms with Crippen LogP contribution in [0.1, 0.15) is 48.1 Å². The molecule has 1 N–H and O–H groups in total. The van der Waals surface area contributed by atoms with Crippen LogP contribution in [0.4, 0.5) is 5.69 Å². The second-order valence-corrected chi connectivity index (χ2v) is 5.85. The van der Waals surface area contributed by atoms with Crippen LogP contribution < -0.4 is 5.32 Å². The number of nitrogens with one attached hydrogen (secondary N) is 1. The van der Waals surface area contributed by atoms with Crippen LogP contribution in [-0.4, -0.2) is 0 Å². The lowest BCUT2D eigenvalue weighted by Crippen LogP contribution is -2.09. The molecule has 0 bridgehead atoms. The minimum atomic E-state index is 0.475. The van der Waals surface area contributed by atoms with Gasteiger partial charge < -0.3 is 5.32 Å². The van der Waals surface area contributed by atoms with E-state index in [2.05, 4.69) is 61.6 Å². The molecule has 2 aromatic rings. The molecule has 0 heterocycles. The number of hydrogen-bond acceptors (Lipinski definition) is 1. The third kappa shape index (κ3) is 2.58. The molecule has 20 heavy (non-hydrogen) atoms. The Balaban J connectivity index is 1.85. The molecule has 0 radical (unpaired) electrons. The van der Waals surface area contributed by atoms with E-state index in [4.69, 9.17) is 0 Å². The molecule has 0 amide bonds. The summed E-state index contributed by atoms with van der Waals surface area (Å²) in [6.45, 7) is 4.42. The maximum atomic E-state index is 3.78. The molecule has 0 aromatic heterocycles. The molecule has 1 atom stereocenters. The third-order valence-electron chi connectivity index (χ3n) is 4.25. The van der Waals surface area contributed by atoms with E-state index in [9.17, 15) is 0 Å². The maximum absolute atomic E-state index is 3.78. The Morgan fingerprint density at radius 1 is 1.15 bits per heavy atom. The molecule has 0 saturated carbocycles. The van der Waals surface area contributed by atoms with E-state index < -0.39 is 0 Å². The largest absolute Gasteiger partial charge is 0.378 e. The average Bonchev–Trinajstić information content (AvgIpc) is 2.84. The lowest BCUT2D eigenvalue weighted by atomic mass is 10.0. The van der Waals surface area contributed by atoms with Crippen molar-refractivity contribution >= 4 is 5.69 Å². The Morgan fingerprint density at radius 2 is 2.00 bits per heavy atom. The van der Waals surface area contributed by atoms with Gasteiger partial charge in [0.15, 0.2) is 0 Å². The van der Waals surface area contributed by atoms with Crippen LogP contribution in [0.3, 0.4) is 0 Å².